The lowest BCUT2D eigenvalue weighted by Gasteiger charge is -2.07. The van der Waals surface area contributed by atoms with E-state index in [9.17, 15) is 0 Å². The van der Waals surface area contributed by atoms with E-state index in [0.717, 1.165) is 28.4 Å². The largest absolute Gasteiger partial charge is 0.491 e. The number of nitrogens with two attached hydrogens (primary N) is 1. The van der Waals surface area contributed by atoms with Crippen molar-refractivity contribution in [2.24, 2.45) is 0 Å². The fourth-order valence-electron chi connectivity index (χ4n) is 1.93. The number of hydrogen-bond donors (Lipinski definition) is 1. The maximum Gasteiger partial charge on any atom is 0.142 e. The highest BCUT2D eigenvalue weighted by atomic mass is 32.1. The average molecular weight is 297 g/mol. The molecule has 0 radical (unpaired) electrons. The van der Waals surface area contributed by atoms with Crippen LogP contribution in [0.3, 0.4) is 0 Å². The molecule has 5 heteroatoms. The van der Waals surface area contributed by atoms with Gasteiger partial charge in [0.05, 0.1) is 23.0 Å². The number of benzene rings is 1. The molecule has 0 aliphatic rings. The van der Waals surface area contributed by atoms with Crippen LogP contribution >= 0.6 is 11.3 Å². The lowest BCUT2D eigenvalue weighted by molar-refractivity contribution is 0.323. The highest BCUT2D eigenvalue weighted by Gasteiger charge is 2.05. The molecule has 2 aromatic heterocycles. The van der Waals surface area contributed by atoms with Crippen LogP contribution in [0.5, 0.6) is 5.75 Å². The number of nitrogens with zero attached hydrogens (tertiary/aromatic N) is 2. The molecule has 0 spiro atoms. The Bertz CT molecular complexity index is 712. The third-order valence-electron chi connectivity index (χ3n) is 3.00. The molecule has 1 aromatic carbocycles. The summed E-state index contributed by atoms with van der Waals surface area (Å²) in [7, 11) is 0. The molecule has 0 atom stereocenters. The monoisotopic (exact) mass is 297 g/mol. The highest BCUT2D eigenvalue weighted by Crippen LogP contribution is 2.22. The molecule has 3 aromatic rings. The van der Waals surface area contributed by atoms with Crippen molar-refractivity contribution in [3.63, 3.8) is 0 Å². The smallest absolute Gasteiger partial charge is 0.142 e. The molecule has 0 saturated carbocycles. The highest BCUT2D eigenvalue weighted by molar-refractivity contribution is 7.09. The van der Waals surface area contributed by atoms with Crippen LogP contribution in [0.1, 0.15) is 5.01 Å². The van der Waals surface area contributed by atoms with Gasteiger partial charge in [0.1, 0.15) is 5.75 Å². The molecule has 21 heavy (non-hydrogen) atoms. The normalized spacial score (nSPS) is 10.5. The third-order valence-corrected chi connectivity index (χ3v) is 3.91. The molecule has 0 saturated heterocycles. The summed E-state index contributed by atoms with van der Waals surface area (Å²) in [6.07, 6.45) is 4.34. The summed E-state index contributed by atoms with van der Waals surface area (Å²) in [6.45, 7) is 0.564. The molecule has 2 N–H and O–H groups in total. The molecule has 106 valence electrons. The molecular formula is C16H15N3OS. The first-order valence-electron chi connectivity index (χ1n) is 6.65. The summed E-state index contributed by atoms with van der Waals surface area (Å²) in [4.78, 5) is 8.71. The first-order chi connectivity index (χ1) is 10.3. The summed E-state index contributed by atoms with van der Waals surface area (Å²) in [5, 5.41) is 3.09. The van der Waals surface area contributed by atoms with E-state index in [-0.39, 0.29) is 0 Å². The second-order valence-electron chi connectivity index (χ2n) is 4.50. The van der Waals surface area contributed by atoms with Gasteiger partial charge in [0.2, 0.25) is 0 Å². The van der Waals surface area contributed by atoms with Gasteiger partial charge in [-0.3, -0.25) is 4.98 Å². The van der Waals surface area contributed by atoms with Crippen LogP contribution in [0.4, 0.5) is 5.69 Å². The zero-order chi connectivity index (χ0) is 14.5. The van der Waals surface area contributed by atoms with Gasteiger partial charge in [-0.05, 0) is 24.3 Å². The second-order valence-corrected chi connectivity index (χ2v) is 5.45. The first-order valence-corrected chi connectivity index (χ1v) is 7.53. The standard InChI is InChI=1S/C16H15N3OS/c17-13-5-1-2-6-15(13)20-9-7-16-19-14(11-21-16)12-4-3-8-18-10-12/h1-6,8,10-11H,7,9,17H2. The number of anilines is 1. The van der Waals surface area contributed by atoms with Crippen LogP contribution in [0.25, 0.3) is 11.3 Å². The Morgan fingerprint density at radius 2 is 2.05 bits per heavy atom. The number of nitrogen functional groups attached to an aromatic ring is 1. The van der Waals surface area contributed by atoms with Crippen molar-refractivity contribution in [2.45, 2.75) is 6.42 Å². The number of pyridine rings is 1. The molecule has 0 unspecified atom stereocenters. The molecule has 2 heterocycles. The Morgan fingerprint density at radius 3 is 2.86 bits per heavy atom. The van der Waals surface area contributed by atoms with Gasteiger partial charge in [0.15, 0.2) is 0 Å². The summed E-state index contributed by atoms with van der Waals surface area (Å²) in [5.74, 6) is 0.724. The minimum absolute atomic E-state index is 0.564. The number of rotatable bonds is 5. The van der Waals surface area contributed by atoms with Gasteiger partial charge in [0, 0.05) is 29.8 Å². The SMILES string of the molecule is Nc1ccccc1OCCc1nc(-c2cccnc2)cs1. The first kappa shape index (κ1) is 13.6. The van der Waals surface area contributed by atoms with E-state index >= 15 is 0 Å². The van der Waals surface area contributed by atoms with E-state index in [4.69, 9.17) is 10.5 Å². The summed E-state index contributed by atoms with van der Waals surface area (Å²) >= 11 is 1.63. The molecule has 0 bridgehead atoms. The van der Waals surface area contributed by atoms with Crippen LogP contribution < -0.4 is 10.5 Å². The maximum atomic E-state index is 5.84. The molecular weight excluding hydrogens is 282 g/mol. The van der Waals surface area contributed by atoms with Crippen LogP contribution in [0, 0.1) is 0 Å². The van der Waals surface area contributed by atoms with Crippen molar-refractivity contribution in [1.82, 2.24) is 9.97 Å². The second kappa shape index (κ2) is 6.37. The Morgan fingerprint density at radius 1 is 1.14 bits per heavy atom. The lowest BCUT2D eigenvalue weighted by atomic mass is 10.2. The van der Waals surface area contributed by atoms with E-state index in [1.165, 1.54) is 0 Å². The Kier molecular flexibility index (Phi) is 4.12. The zero-order valence-electron chi connectivity index (χ0n) is 11.4. The van der Waals surface area contributed by atoms with Gasteiger partial charge in [-0.15, -0.1) is 11.3 Å². The quantitative estimate of drug-likeness (QED) is 0.733. The van der Waals surface area contributed by atoms with Crippen LogP contribution in [0.2, 0.25) is 0 Å². The lowest BCUT2D eigenvalue weighted by Crippen LogP contribution is -2.03. The van der Waals surface area contributed by atoms with E-state index < -0.39 is 0 Å². The van der Waals surface area contributed by atoms with E-state index in [1.807, 2.05) is 48.0 Å². The van der Waals surface area contributed by atoms with Gasteiger partial charge in [-0.2, -0.15) is 0 Å². The van der Waals surface area contributed by atoms with Crippen LogP contribution in [-0.4, -0.2) is 16.6 Å². The van der Waals surface area contributed by atoms with Crippen molar-refractivity contribution in [2.75, 3.05) is 12.3 Å². The summed E-state index contributed by atoms with van der Waals surface area (Å²) in [5.41, 5.74) is 8.49. The number of ether oxygens (including phenoxy) is 1. The van der Waals surface area contributed by atoms with E-state index in [1.54, 1.807) is 17.5 Å². The Labute approximate surface area is 127 Å². The van der Waals surface area contributed by atoms with Gasteiger partial charge in [-0.25, -0.2) is 4.98 Å². The van der Waals surface area contributed by atoms with Gasteiger partial charge >= 0.3 is 0 Å². The predicted octanol–water partition coefficient (Wildman–Crippen LogP) is 3.41. The molecule has 4 nitrogen and oxygen atoms in total. The minimum Gasteiger partial charge on any atom is -0.491 e. The summed E-state index contributed by atoms with van der Waals surface area (Å²) < 4.78 is 5.68. The molecule has 0 aliphatic carbocycles. The summed E-state index contributed by atoms with van der Waals surface area (Å²) in [6, 6.07) is 11.4. The van der Waals surface area contributed by atoms with Crippen molar-refractivity contribution in [3.05, 3.63) is 59.2 Å². The van der Waals surface area contributed by atoms with Gasteiger partial charge in [-0.1, -0.05) is 12.1 Å². The van der Waals surface area contributed by atoms with Crippen LogP contribution in [0.15, 0.2) is 54.2 Å². The van der Waals surface area contributed by atoms with Gasteiger partial charge in [0.25, 0.3) is 0 Å². The zero-order valence-corrected chi connectivity index (χ0v) is 12.2. The number of aromatic nitrogens is 2. The molecule has 0 amide bonds. The van der Waals surface area contributed by atoms with Crippen molar-refractivity contribution in [1.29, 1.82) is 0 Å². The van der Waals surface area contributed by atoms with Crippen molar-refractivity contribution >= 4 is 17.0 Å². The predicted molar refractivity (Wildman–Crippen MR) is 85.4 cm³/mol. The third kappa shape index (κ3) is 3.38. The minimum atomic E-state index is 0.564. The maximum absolute atomic E-state index is 5.84. The van der Waals surface area contributed by atoms with Crippen LogP contribution in [-0.2, 0) is 6.42 Å². The topological polar surface area (TPSA) is 61.0 Å². The number of para-hydroxylation sites is 2. The van der Waals surface area contributed by atoms with E-state index in [0.29, 0.717) is 12.3 Å². The fraction of sp³-hybridized carbons (Fsp3) is 0.125. The van der Waals surface area contributed by atoms with Crippen molar-refractivity contribution in [3.8, 4) is 17.0 Å². The Hall–Kier alpha value is -2.40. The average Bonchev–Trinajstić information content (AvgIpc) is 2.99. The molecule has 0 aliphatic heterocycles. The van der Waals surface area contributed by atoms with E-state index in [2.05, 4.69) is 9.97 Å². The number of thiazole rings is 1. The molecule has 0 fully saturated rings. The van der Waals surface area contributed by atoms with Gasteiger partial charge < -0.3 is 10.5 Å². The fourth-order valence-corrected chi connectivity index (χ4v) is 2.72. The number of hydrogen-bond acceptors (Lipinski definition) is 5. The van der Waals surface area contributed by atoms with Crippen molar-refractivity contribution < 1.29 is 4.74 Å². The Balaban J connectivity index is 1.60. The molecule has 3 rings (SSSR count).